The van der Waals surface area contributed by atoms with Crippen molar-refractivity contribution < 1.29 is 8.83 Å². The largest absolute Gasteiger partial charge is 0.436 e. The maximum atomic E-state index is 6.40. The van der Waals surface area contributed by atoms with Gasteiger partial charge in [-0.05, 0) is 48.5 Å². The Kier molecular flexibility index (Phi) is 4.42. The number of para-hydroxylation sites is 5. The molecule has 5 aromatic carbocycles. The second-order valence-electron chi connectivity index (χ2n) is 9.15. The van der Waals surface area contributed by atoms with E-state index in [0.29, 0.717) is 28.6 Å². The molecule has 0 aliphatic carbocycles. The van der Waals surface area contributed by atoms with Crippen LogP contribution in [-0.4, -0.2) is 9.97 Å². The van der Waals surface area contributed by atoms with Crippen LogP contribution in [0.5, 0.6) is 0 Å². The van der Waals surface area contributed by atoms with Gasteiger partial charge in [-0.15, -0.1) is 0 Å². The summed E-state index contributed by atoms with van der Waals surface area (Å²) >= 11 is 0. The Morgan fingerprint density at radius 3 is 1.61 bits per heavy atom. The van der Waals surface area contributed by atoms with Crippen LogP contribution in [0, 0.1) is 0 Å². The van der Waals surface area contributed by atoms with Crippen molar-refractivity contribution in [2.24, 2.45) is 0 Å². The Morgan fingerprint density at radius 2 is 0.974 bits per heavy atom. The Bertz CT molecular complexity index is 1840. The normalized spacial score (nSPS) is 12.6. The zero-order valence-corrected chi connectivity index (χ0v) is 20.2. The molecule has 0 amide bonds. The van der Waals surface area contributed by atoms with Crippen LogP contribution in [-0.2, 0) is 0 Å². The molecule has 0 N–H and O–H groups in total. The lowest BCUT2D eigenvalue weighted by Gasteiger charge is -2.38. The molecule has 0 saturated heterocycles. The van der Waals surface area contributed by atoms with Gasteiger partial charge in [0.1, 0.15) is 11.0 Å². The van der Waals surface area contributed by atoms with Gasteiger partial charge in [-0.2, -0.15) is 4.98 Å². The maximum Gasteiger partial charge on any atom is 0.307 e. The summed E-state index contributed by atoms with van der Waals surface area (Å²) in [6.45, 7) is 0. The van der Waals surface area contributed by atoms with E-state index in [1.807, 2.05) is 60.7 Å². The number of fused-ring (bicyclic) bond motifs is 4. The Balaban J connectivity index is 1.29. The molecule has 0 saturated carbocycles. The number of nitrogens with zero attached hydrogens (tertiary/aromatic N) is 4. The van der Waals surface area contributed by atoms with Gasteiger partial charge in [0.2, 0.25) is 5.89 Å². The first-order valence-corrected chi connectivity index (χ1v) is 12.4. The Morgan fingerprint density at radius 1 is 0.474 bits per heavy atom. The predicted molar refractivity (Wildman–Crippen MR) is 150 cm³/mol. The van der Waals surface area contributed by atoms with Crippen molar-refractivity contribution in [2.75, 3.05) is 9.80 Å². The molecule has 8 rings (SSSR count). The molecule has 0 fully saturated rings. The molecule has 7 aromatic rings. The number of aromatic nitrogens is 2. The maximum absolute atomic E-state index is 6.40. The molecule has 0 spiro atoms. The van der Waals surface area contributed by atoms with Crippen LogP contribution in [0.25, 0.3) is 33.7 Å². The predicted octanol–water partition coefficient (Wildman–Crippen LogP) is 8.89. The van der Waals surface area contributed by atoms with Gasteiger partial charge in [0.15, 0.2) is 11.2 Å². The van der Waals surface area contributed by atoms with Crippen LogP contribution < -0.4 is 9.80 Å². The quantitative estimate of drug-likeness (QED) is 0.245. The van der Waals surface area contributed by atoms with Crippen molar-refractivity contribution >= 4 is 56.7 Å². The first kappa shape index (κ1) is 20.8. The molecule has 0 radical (unpaired) electrons. The van der Waals surface area contributed by atoms with Gasteiger partial charge in [0.05, 0.1) is 22.7 Å². The Hall–Kier alpha value is -5.36. The van der Waals surface area contributed by atoms with Crippen LogP contribution in [0.1, 0.15) is 0 Å². The molecule has 1 aliphatic rings. The average molecular weight is 493 g/mol. The third-order valence-corrected chi connectivity index (χ3v) is 6.84. The van der Waals surface area contributed by atoms with Crippen molar-refractivity contribution in [1.82, 2.24) is 9.97 Å². The summed E-state index contributed by atoms with van der Waals surface area (Å²) in [5, 5.41) is 0. The summed E-state index contributed by atoms with van der Waals surface area (Å²) in [7, 11) is 0. The Labute approximate surface area is 218 Å². The van der Waals surface area contributed by atoms with E-state index in [2.05, 4.69) is 70.5 Å². The highest BCUT2D eigenvalue weighted by atomic mass is 16.4. The van der Waals surface area contributed by atoms with Crippen LogP contribution >= 0.6 is 0 Å². The molecular formula is C32H20N4O2. The molecular weight excluding hydrogens is 472 g/mol. The number of anilines is 6. The fourth-order valence-electron chi connectivity index (χ4n) is 5.14. The molecule has 1 aliphatic heterocycles. The van der Waals surface area contributed by atoms with Gasteiger partial charge in [0, 0.05) is 23.4 Å². The molecule has 3 heterocycles. The lowest BCUT2D eigenvalue weighted by atomic mass is 10.1. The third-order valence-electron chi connectivity index (χ3n) is 6.84. The highest BCUT2D eigenvalue weighted by molar-refractivity contribution is 6.01. The molecule has 180 valence electrons. The van der Waals surface area contributed by atoms with Crippen molar-refractivity contribution in [2.45, 2.75) is 0 Å². The lowest BCUT2D eigenvalue weighted by molar-refractivity contribution is 0.608. The summed E-state index contributed by atoms with van der Waals surface area (Å²) in [6.07, 6.45) is 0. The van der Waals surface area contributed by atoms with E-state index in [-0.39, 0.29) is 0 Å². The highest BCUT2D eigenvalue weighted by Gasteiger charge is 2.32. The fourth-order valence-corrected chi connectivity index (χ4v) is 5.14. The molecule has 6 nitrogen and oxygen atoms in total. The van der Waals surface area contributed by atoms with E-state index in [0.717, 1.165) is 39.5 Å². The average Bonchev–Trinajstić information content (AvgIpc) is 3.58. The first-order chi connectivity index (χ1) is 18.8. The topological polar surface area (TPSA) is 58.5 Å². The van der Waals surface area contributed by atoms with Crippen LogP contribution in [0.15, 0.2) is 130 Å². The first-order valence-electron chi connectivity index (χ1n) is 12.4. The second-order valence-corrected chi connectivity index (χ2v) is 9.15. The summed E-state index contributed by atoms with van der Waals surface area (Å²) in [5.74, 6) is 0.577. The summed E-state index contributed by atoms with van der Waals surface area (Å²) in [6, 6.07) is 41.1. The minimum atomic E-state index is 0.489. The van der Waals surface area contributed by atoms with Crippen LogP contribution in [0.2, 0.25) is 0 Å². The number of benzene rings is 5. The van der Waals surface area contributed by atoms with Gasteiger partial charge in [-0.3, -0.25) is 4.90 Å². The van der Waals surface area contributed by atoms with E-state index < -0.39 is 0 Å². The number of oxazole rings is 2. The number of hydrogen-bond acceptors (Lipinski definition) is 6. The van der Waals surface area contributed by atoms with Crippen LogP contribution in [0.3, 0.4) is 0 Å². The molecule has 38 heavy (non-hydrogen) atoms. The van der Waals surface area contributed by atoms with Crippen molar-refractivity contribution in [3.05, 3.63) is 121 Å². The smallest absolute Gasteiger partial charge is 0.307 e. The monoisotopic (exact) mass is 492 g/mol. The summed E-state index contributed by atoms with van der Waals surface area (Å²) in [5.41, 5.74) is 8.84. The summed E-state index contributed by atoms with van der Waals surface area (Å²) < 4.78 is 12.5. The number of hydrogen-bond donors (Lipinski definition) is 0. The van der Waals surface area contributed by atoms with Crippen molar-refractivity contribution in [1.29, 1.82) is 0 Å². The standard InChI is InChI=1S/C32H20N4O2/c1-3-11-21(12-4-1)31-33-23-19-30-24(20-29(23)37-31)34-32(38-30)36-27-17-9-7-15-25(27)35(22-13-5-2-6-14-22)26-16-8-10-18-28(26)36/h1-20H. The van der Waals surface area contributed by atoms with E-state index in [1.165, 1.54) is 0 Å². The molecule has 2 aromatic heterocycles. The zero-order valence-electron chi connectivity index (χ0n) is 20.2. The summed E-state index contributed by atoms with van der Waals surface area (Å²) in [4.78, 5) is 14.0. The fraction of sp³-hybridized carbons (Fsp3) is 0. The lowest BCUT2D eigenvalue weighted by Crippen LogP contribution is -2.24. The zero-order chi connectivity index (χ0) is 25.1. The second kappa shape index (κ2) is 8.08. The molecule has 0 atom stereocenters. The van der Waals surface area contributed by atoms with E-state index >= 15 is 0 Å². The number of rotatable bonds is 3. The highest BCUT2D eigenvalue weighted by Crippen LogP contribution is 2.53. The molecule has 6 heteroatoms. The van der Waals surface area contributed by atoms with Gasteiger partial charge in [-0.1, -0.05) is 60.7 Å². The van der Waals surface area contributed by atoms with E-state index in [9.17, 15) is 0 Å². The minimum Gasteiger partial charge on any atom is -0.436 e. The van der Waals surface area contributed by atoms with E-state index in [1.54, 1.807) is 0 Å². The SMILES string of the molecule is c1ccc(-c2nc3cc4oc(N5c6ccccc6N(c6ccccc6)c6ccccc65)nc4cc3o2)cc1. The minimum absolute atomic E-state index is 0.489. The van der Waals surface area contributed by atoms with Gasteiger partial charge >= 0.3 is 6.01 Å². The molecule has 0 bridgehead atoms. The van der Waals surface area contributed by atoms with Crippen LogP contribution in [0.4, 0.5) is 34.5 Å². The van der Waals surface area contributed by atoms with E-state index in [4.69, 9.17) is 18.8 Å². The van der Waals surface area contributed by atoms with Gasteiger partial charge in [-0.25, -0.2) is 4.98 Å². The van der Waals surface area contributed by atoms with Crippen molar-refractivity contribution in [3.8, 4) is 11.5 Å². The van der Waals surface area contributed by atoms with Gasteiger partial charge in [0.25, 0.3) is 0 Å². The van der Waals surface area contributed by atoms with Crippen molar-refractivity contribution in [3.63, 3.8) is 0 Å². The third kappa shape index (κ3) is 3.14. The van der Waals surface area contributed by atoms with Gasteiger partial charge < -0.3 is 13.7 Å². The molecule has 0 unspecified atom stereocenters.